The highest BCUT2D eigenvalue weighted by atomic mass is 16.2. The number of amides is 1. The SMILES string of the molecule is CCCC(C#N)N1CCN(C(C)C(=O)NC(C)CC)CC1. The maximum Gasteiger partial charge on any atom is 0.237 e. The molecule has 0 aromatic heterocycles. The summed E-state index contributed by atoms with van der Waals surface area (Å²) in [7, 11) is 0. The van der Waals surface area contributed by atoms with E-state index < -0.39 is 0 Å². The average molecular weight is 294 g/mol. The summed E-state index contributed by atoms with van der Waals surface area (Å²) < 4.78 is 0. The maximum atomic E-state index is 12.2. The van der Waals surface area contributed by atoms with Gasteiger partial charge in [-0.2, -0.15) is 5.26 Å². The van der Waals surface area contributed by atoms with Crippen LogP contribution < -0.4 is 5.32 Å². The number of nitrogens with one attached hydrogen (secondary N) is 1. The normalized spacial score (nSPS) is 21.3. The van der Waals surface area contributed by atoms with Gasteiger partial charge in [-0.25, -0.2) is 0 Å². The predicted molar refractivity (Wildman–Crippen MR) is 84.8 cm³/mol. The van der Waals surface area contributed by atoms with E-state index in [1.54, 1.807) is 0 Å². The number of rotatable bonds is 7. The minimum Gasteiger partial charge on any atom is -0.352 e. The second kappa shape index (κ2) is 9.01. The second-order valence-corrected chi connectivity index (χ2v) is 6.00. The van der Waals surface area contributed by atoms with Crippen molar-refractivity contribution in [3.05, 3.63) is 0 Å². The molecule has 1 fully saturated rings. The van der Waals surface area contributed by atoms with Gasteiger partial charge in [0.1, 0.15) is 0 Å². The Morgan fingerprint density at radius 3 is 2.24 bits per heavy atom. The summed E-state index contributed by atoms with van der Waals surface area (Å²) in [5.74, 6) is 0.114. The van der Waals surface area contributed by atoms with Crippen LogP contribution in [0.4, 0.5) is 0 Å². The lowest BCUT2D eigenvalue weighted by molar-refractivity contribution is -0.127. The zero-order valence-corrected chi connectivity index (χ0v) is 13.9. The Morgan fingerprint density at radius 1 is 1.19 bits per heavy atom. The molecule has 0 radical (unpaired) electrons. The van der Waals surface area contributed by atoms with Gasteiger partial charge in [0, 0.05) is 32.2 Å². The molecule has 0 aromatic rings. The third kappa shape index (κ3) is 5.29. The van der Waals surface area contributed by atoms with E-state index in [9.17, 15) is 10.1 Å². The summed E-state index contributed by atoms with van der Waals surface area (Å²) in [6.07, 6.45) is 2.92. The van der Waals surface area contributed by atoms with Gasteiger partial charge >= 0.3 is 0 Å². The second-order valence-electron chi connectivity index (χ2n) is 6.00. The van der Waals surface area contributed by atoms with Crippen molar-refractivity contribution in [3.8, 4) is 6.07 Å². The fourth-order valence-corrected chi connectivity index (χ4v) is 2.67. The van der Waals surface area contributed by atoms with Crippen LogP contribution in [0.5, 0.6) is 0 Å². The van der Waals surface area contributed by atoms with Crippen LogP contribution in [0.3, 0.4) is 0 Å². The third-order valence-corrected chi connectivity index (χ3v) is 4.43. The Kier molecular flexibility index (Phi) is 7.69. The fourth-order valence-electron chi connectivity index (χ4n) is 2.67. The lowest BCUT2D eigenvalue weighted by Crippen LogP contribution is -2.56. The number of carbonyl (C=O) groups is 1. The molecule has 3 atom stereocenters. The van der Waals surface area contributed by atoms with E-state index in [2.05, 4.69) is 35.0 Å². The number of hydrogen-bond acceptors (Lipinski definition) is 4. The first-order chi connectivity index (χ1) is 10.0. The molecule has 1 N–H and O–H groups in total. The lowest BCUT2D eigenvalue weighted by atomic mass is 10.1. The van der Waals surface area contributed by atoms with E-state index in [4.69, 9.17) is 0 Å². The zero-order valence-electron chi connectivity index (χ0n) is 13.9. The van der Waals surface area contributed by atoms with Gasteiger partial charge < -0.3 is 5.32 Å². The zero-order chi connectivity index (χ0) is 15.8. The molecule has 1 rings (SSSR count). The summed E-state index contributed by atoms with van der Waals surface area (Å²) >= 11 is 0. The first-order valence-corrected chi connectivity index (χ1v) is 8.21. The molecule has 3 unspecified atom stereocenters. The molecule has 0 bridgehead atoms. The summed E-state index contributed by atoms with van der Waals surface area (Å²) in [6, 6.07) is 2.57. The maximum absolute atomic E-state index is 12.2. The van der Waals surface area contributed by atoms with Crippen molar-refractivity contribution < 1.29 is 4.79 Å². The summed E-state index contributed by atoms with van der Waals surface area (Å²) in [5.41, 5.74) is 0. The monoisotopic (exact) mass is 294 g/mol. The minimum absolute atomic E-state index is 0.0291. The van der Waals surface area contributed by atoms with Crippen molar-refractivity contribution in [3.63, 3.8) is 0 Å². The molecule has 1 amide bonds. The van der Waals surface area contributed by atoms with Crippen molar-refractivity contribution in [1.82, 2.24) is 15.1 Å². The molecule has 1 saturated heterocycles. The van der Waals surface area contributed by atoms with E-state index in [-0.39, 0.29) is 24.0 Å². The topological polar surface area (TPSA) is 59.4 Å². The van der Waals surface area contributed by atoms with Crippen molar-refractivity contribution in [2.24, 2.45) is 0 Å². The van der Waals surface area contributed by atoms with Gasteiger partial charge in [0.05, 0.1) is 18.2 Å². The highest BCUT2D eigenvalue weighted by molar-refractivity contribution is 5.81. The van der Waals surface area contributed by atoms with Crippen LogP contribution in [0.1, 0.15) is 47.0 Å². The van der Waals surface area contributed by atoms with Gasteiger partial charge in [-0.1, -0.05) is 20.3 Å². The summed E-state index contributed by atoms with van der Waals surface area (Å²) in [6.45, 7) is 11.7. The Balaban J connectivity index is 2.45. The summed E-state index contributed by atoms with van der Waals surface area (Å²) in [4.78, 5) is 16.6. The van der Waals surface area contributed by atoms with Crippen LogP contribution in [-0.4, -0.2) is 60.0 Å². The number of carbonyl (C=O) groups excluding carboxylic acids is 1. The number of hydrogen-bond donors (Lipinski definition) is 1. The van der Waals surface area contributed by atoms with Crippen molar-refractivity contribution in [2.75, 3.05) is 26.2 Å². The average Bonchev–Trinajstić information content (AvgIpc) is 2.51. The Labute approximate surface area is 129 Å². The first kappa shape index (κ1) is 17.9. The molecule has 120 valence electrons. The molecule has 1 aliphatic rings. The Morgan fingerprint density at radius 2 is 1.76 bits per heavy atom. The molecule has 5 nitrogen and oxygen atoms in total. The largest absolute Gasteiger partial charge is 0.352 e. The molecule has 0 aromatic carbocycles. The number of piperazine rings is 1. The molecule has 0 saturated carbocycles. The Hall–Kier alpha value is -1.12. The number of nitrogens with zero attached hydrogens (tertiary/aromatic N) is 3. The van der Waals surface area contributed by atoms with Gasteiger partial charge in [-0.15, -0.1) is 0 Å². The standard InChI is InChI=1S/C16H30N4O/c1-5-7-15(12-17)20-10-8-19(9-11-20)14(4)16(21)18-13(3)6-2/h13-15H,5-11H2,1-4H3,(H,18,21). The van der Waals surface area contributed by atoms with E-state index in [0.29, 0.717) is 0 Å². The van der Waals surface area contributed by atoms with E-state index in [1.807, 2.05) is 13.8 Å². The first-order valence-electron chi connectivity index (χ1n) is 8.21. The fraction of sp³-hybridized carbons (Fsp3) is 0.875. The smallest absolute Gasteiger partial charge is 0.237 e. The van der Waals surface area contributed by atoms with Gasteiger partial charge in [-0.3, -0.25) is 14.6 Å². The van der Waals surface area contributed by atoms with Crippen molar-refractivity contribution in [2.45, 2.75) is 65.1 Å². The van der Waals surface area contributed by atoms with Gasteiger partial charge in [0.15, 0.2) is 0 Å². The molecule has 1 aliphatic heterocycles. The van der Waals surface area contributed by atoms with Crippen LogP contribution in [0, 0.1) is 11.3 Å². The highest BCUT2D eigenvalue weighted by Crippen LogP contribution is 2.12. The van der Waals surface area contributed by atoms with Crippen LogP contribution in [-0.2, 0) is 4.79 Å². The third-order valence-electron chi connectivity index (χ3n) is 4.43. The molecule has 0 aliphatic carbocycles. The van der Waals surface area contributed by atoms with Crippen LogP contribution >= 0.6 is 0 Å². The van der Waals surface area contributed by atoms with Gasteiger partial charge in [0.2, 0.25) is 5.91 Å². The van der Waals surface area contributed by atoms with Crippen LogP contribution in [0.25, 0.3) is 0 Å². The summed E-state index contributed by atoms with van der Waals surface area (Å²) in [5, 5.41) is 12.3. The molecule has 21 heavy (non-hydrogen) atoms. The van der Waals surface area contributed by atoms with E-state index >= 15 is 0 Å². The molecular weight excluding hydrogens is 264 g/mol. The Bertz CT molecular complexity index is 358. The van der Waals surface area contributed by atoms with Gasteiger partial charge in [-0.05, 0) is 26.7 Å². The molecule has 1 heterocycles. The van der Waals surface area contributed by atoms with E-state index in [0.717, 1.165) is 45.4 Å². The van der Waals surface area contributed by atoms with Gasteiger partial charge in [0.25, 0.3) is 0 Å². The molecule has 5 heteroatoms. The predicted octanol–water partition coefficient (Wildman–Crippen LogP) is 1.60. The van der Waals surface area contributed by atoms with Crippen molar-refractivity contribution in [1.29, 1.82) is 5.26 Å². The number of nitriles is 1. The quantitative estimate of drug-likeness (QED) is 0.775. The van der Waals surface area contributed by atoms with Crippen LogP contribution in [0.15, 0.2) is 0 Å². The van der Waals surface area contributed by atoms with Crippen LogP contribution in [0.2, 0.25) is 0 Å². The lowest BCUT2D eigenvalue weighted by Gasteiger charge is -2.39. The molecule has 0 spiro atoms. The van der Waals surface area contributed by atoms with Crippen molar-refractivity contribution >= 4 is 5.91 Å². The molecular formula is C16H30N4O. The minimum atomic E-state index is -0.0899. The highest BCUT2D eigenvalue weighted by Gasteiger charge is 2.28. The van der Waals surface area contributed by atoms with E-state index in [1.165, 1.54) is 0 Å².